The van der Waals surface area contributed by atoms with E-state index in [9.17, 15) is 0 Å². The quantitative estimate of drug-likeness (QED) is 0.149. The Balaban J connectivity index is 1.04. The van der Waals surface area contributed by atoms with Crippen molar-refractivity contribution in [3.63, 3.8) is 0 Å². The molecule has 0 amide bonds. The van der Waals surface area contributed by atoms with Crippen LogP contribution in [0.2, 0.25) is 0 Å². The highest BCUT2D eigenvalue weighted by atomic mass is 16.3. The second kappa shape index (κ2) is 15.0. The molecule has 3 heteroatoms. The van der Waals surface area contributed by atoms with Crippen LogP contribution in [0.4, 0.5) is 17.1 Å². The van der Waals surface area contributed by atoms with E-state index in [2.05, 4.69) is 246 Å². The standard InChI is InChI=1S/C62H40N2O/c1-2-18-44(19-3-1)63(45-36-33-41(34-37-45)54-39-42-17-4-5-20-46(42)48-22-6-7-23-49(48)54)59-38-35-43(40-55(59)52-27-16-32-61-62(52)53-26-11-15-31-60(53)65-61)47-21-8-12-28-56(47)64-57-29-13-9-24-50(57)51-25-10-14-30-58(51)64/h1-40H. The lowest BCUT2D eigenvalue weighted by Gasteiger charge is -2.29. The van der Waals surface area contributed by atoms with Crippen molar-refractivity contribution in [3.05, 3.63) is 243 Å². The molecule has 0 bridgehead atoms. The van der Waals surface area contributed by atoms with Crippen LogP contribution in [0.5, 0.6) is 0 Å². The summed E-state index contributed by atoms with van der Waals surface area (Å²) in [5.41, 5.74) is 15.3. The van der Waals surface area contributed by atoms with Gasteiger partial charge in [-0.3, -0.25) is 0 Å². The zero-order chi connectivity index (χ0) is 42.8. The molecule has 0 spiro atoms. The van der Waals surface area contributed by atoms with Crippen LogP contribution in [0.15, 0.2) is 247 Å². The van der Waals surface area contributed by atoms with Gasteiger partial charge >= 0.3 is 0 Å². The van der Waals surface area contributed by atoms with E-state index < -0.39 is 0 Å². The summed E-state index contributed by atoms with van der Waals surface area (Å²) in [7, 11) is 0. The molecule has 0 saturated carbocycles. The number of hydrogen-bond acceptors (Lipinski definition) is 2. The van der Waals surface area contributed by atoms with E-state index in [0.29, 0.717) is 0 Å². The van der Waals surface area contributed by atoms with E-state index in [4.69, 9.17) is 4.42 Å². The monoisotopic (exact) mass is 828 g/mol. The summed E-state index contributed by atoms with van der Waals surface area (Å²) in [6.07, 6.45) is 0. The lowest BCUT2D eigenvalue weighted by atomic mass is 9.92. The molecule has 0 N–H and O–H groups in total. The van der Waals surface area contributed by atoms with Crippen LogP contribution < -0.4 is 4.90 Å². The zero-order valence-electron chi connectivity index (χ0n) is 35.4. The van der Waals surface area contributed by atoms with Crippen LogP contribution >= 0.6 is 0 Å². The van der Waals surface area contributed by atoms with Gasteiger partial charge in [0.05, 0.1) is 22.4 Å². The number of furan rings is 1. The minimum Gasteiger partial charge on any atom is -0.456 e. The summed E-state index contributed by atoms with van der Waals surface area (Å²) in [4.78, 5) is 2.40. The number of aromatic nitrogens is 1. The van der Waals surface area contributed by atoms with E-state index in [1.807, 2.05) is 6.07 Å². The fraction of sp³-hybridized carbons (Fsp3) is 0. The Kier molecular flexibility index (Phi) is 8.53. The van der Waals surface area contributed by atoms with Gasteiger partial charge in [0.1, 0.15) is 11.2 Å². The predicted molar refractivity (Wildman–Crippen MR) is 274 cm³/mol. The average molecular weight is 829 g/mol. The molecule has 0 aliphatic heterocycles. The number of para-hydroxylation sites is 5. The first kappa shape index (κ1) is 36.9. The van der Waals surface area contributed by atoms with E-state index in [1.165, 1.54) is 54.5 Å². The van der Waals surface area contributed by atoms with Crippen molar-refractivity contribution in [1.29, 1.82) is 0 Å². The van der Waals surface area contributed by atoms with Crippen LogP contribution in [0.3, 0.4) is 0 Å². The summed E-state index contributed by atoms with van der Waals surface area (Å²) >= 11 is 0. The second-order valence-electron chi connectivity index (χ2n) is 16.8. The molecule has 2 heterocycles. The lowest BCUT2D eigenvalue weighted by Crippen LogP contribution is -2.11. The highest BCUT2D eigenvalue weighted by Crippen LogP contribution is 2.48. The van der Waals surface area contributed by atoms with E-state index in [-0.39, 0.29) is 0 Å². The van der Waals surface area contributed by atoms with Gasteiger partial charge in [-0.1, -0.05) is 170 Å². The summed E-state index contributed by atoms with van der Waals surface area (Å²) in [5, 5.41) is 9.70. The molecule has 0 aliphatic rings. The maximum atomic E-state index is 6.54. The molecular formula is C62H40N2O. The second-order valence-corrected chi connectivity index (χ2v) is 16.8. The van der Waals surface area contributed by atoms with Crippen molar-refractivity contribution in [2.24, 2.45) is 0 Å². The maximum absolute atomic E-state index is 6.54. The lowest BCUT2D eigenvalue weighted by molar-refractivity contribution is 0.669. The van der Waals surface area contributed by atoms with Gasteiger partial charge in [-0.15, -0.1) is 0 Å². The van der Waals surface area contributed by atoms with E-state index >= 15 is 0 Å². The first-order valence-corrected chi connectivity index (χ1v) is 22.3. The Morgan fingerprint density at radius 2 is 0.892 bits per heavy atom. The van der Waals surface area contributed by atoms with Gasteiger partial charge < -0.3 is 13.9 Å². The van der Waals surface area contributed by atoms with E-state index in [0.717, 1.165) is 66.9 Å². The topological polar surface area (TPSA) is 21.3 Å². The smallest absolute Gasteiger partial charge is 0.136 e. The molecule has 0 aliphatic carbocycles. The largest absolute Gasteiger partial charge is 0.456 e. The molecule has 11 aromatic carbocycles. The first-order chi connectivity index (χ1) is 32.3. The first-order valence-electron chi connectivity index (χ1n) is 22.3. The van der Waals surface area contributed by atoms with Gasteiger partial charge in [0.2, 0.25) is 0 Å². The highest BCUT2D eigenvalue weighted by Gasteiger charge is 2.23. The number of anilines is 3. The molecule has 0 unspecified atom stereocenters. The Labute approximate surface area is 376 Å². The highest BCUT2D eigenvalue weighted by molar-refractivity contribution is 6.16. The van der Waals surface area contributed by atoms with Gasteiger partial charge in [-0.25, -0.2) is 0 Å². The van der Waals surface area contributed by atoms with Gasteiger partial charge in [-0.2, -0.15) is 0 Å². The molecule has 13 aromatic rings. The SMILES string of the molecule is c1ccc(N(c2ccc(-c3cc4ccccc4c4ccccc34)cc2)c2ccc(-c3ccccc3-n3c4ccccc4c4ccccc43)cc2-c2cccc3oc4ccccc4c23)cc1. The zero-order valence-corrected chi connectivity index (χ0v) is 35.4. The molecule has 2 aromatic heterocycles. The van der Waals surface area contributed by atoms with Gasteiger partial charge in [-0.05, 0) is 117 Å². The molecule has 0 fully saturated rings. The number of benzene rings is 11. The van der Waals surface area contributed by atoms with Crippen LogP contribution in [-0.2, 0) is 0 Å². The number of rotatable bonds is 7. The Bertz CT molecular complexity index is 3900. The number of fused-ring (bicyclic) bond motifs is 9. The molecule has 0 atom stereocenters. The summed E-state index contributed by atoms with van der Waals surface area (Å²) < 4.78 is 8.97. The van der Waals surface area contributed by atoms with E-state index in [1.54, 1.807) is 0 Å². The van der Waals surface area contributed by atoms with Gasteiger partial charge in [0.25, 0.3) is 0 Å². The summed E-state index contributed by atoms with van der Waals surface area (Å²) in [6.45, 7) is 0. The molecule has 13 rings (SSSR count). The van der Waals surface area contributed by atoms with Crippen molar-refractivity contribution in [1.82, 2.24) is 4.57 Å². The Morgan fingerprint density at radius 1 is 0.323 bits per heavy atom. The maximum Gasteiger partial charge on any atom is 0.136 e. The number of hydrogen-bond donors (Lipinski definition) is 0. The summed E-state index contributed by atoms with van der Waals surface area (Å²) in [6, 6.07) is 87.8. The molecular weight excluding hydrogens is 789 g/mol. The minimum atomic E-state index is 0.865. The third-order valence-electron chi connectivity index (χ3n) is 13.2. The molecule has 3 nitrogen and oxygen atoms in total. The Morgan fingerprint density at radius 3 is 1.68 bits per heavy atom. The predicted octanol–water partition coefficient (Wildman–Crippen LogP) is 17.5. The van der Waals surface area contributed by atoms with Gasteiger partial charge in [0, 0.05) is 44.0 Å². The molecule has 0 radical (unpaired) electrons. The average Bonchev–Trinajstić information content (AvgIpc) is 3.93. The van der Waals surface area contributed by atoms with Crippen molar-refractivity contribution in [2.75, 3.05) is 4.90 Å². The fourth-order valence-electron chi connectivity index (χ4n) is 10.3. The minimum absolute atomic E-state index is 0.865. The van der Waals surface area contributed by atoms with Crippen LogP contribution in [0.25, 0.3) is 104 Å². The van der Waals surface area contributed by atoms with Crippen LogP contribution in [-0.4, -0.2) is 4.57 Å². The van der Waals surface area contributed by atoms with Crippen molar-refractivity contribution >= 4 is 82.4 Å². The molecule has 304 valence electrons. The van der Waals surface area contributed by atoms with Crippen molar-refractivity contribution in [2.45, 2.75) is 0 Å². The van der Waals surface area contributed by atoms with Crippen molar-refractivity contribution < 1.29 is 4.42 Å². The van der Waals surface area contributed by atoms with Crippen LogP contribution in [0.1, 0.15) is 0 Å². The summed E-state index contributed by atoms with van der Waals surface area (Å²) in [5.74, 6) is 0. The third-order valence-corrected chi connectivity index (χ3v) is 13.2. The van der Waals surface area contributed by atoms with Crippen LogP contribution in [0, 0.1) is 0 Å². The van der Waals surface area contributed by atoms with Gasteiger partial charge in [0.15, 0.2) is 0 Å². The molecule has 65 heavy (non-hydrogen) atoms. The molecule has 0 saturated heterocycles. The number of nitrogens with zero attached hydrogens (tertiary/aromatic N) is 2. The fourth-order valence-corrected chi connectivity index (χ4v) is 10.3. The Hall–Kier alpha value is -8.66. The normalized spacial score (nSPS) is 11.7. The third kappa shape index (κ3) is 5.97. The van der Waals surface area contributed by atoms with Crippen molar-refractivity contribution in [3.8, 4) is 39.1 Å².